The highest BCUT2D eigenvalue weighted by Crippen LogP contribution is 2.37. The molecular formula is C13H17N3O3S2. The number of nitrogens with one attached hydrogen (secondary N) is 1. The van der Waals surface area contributed by atoms with Gasteiger partial charge in [-0.3, -0.25) is 0 Å². The van der Waals surface area contributed by atoms with Crippen molar-refractivity contribution in [1.29, 1.82) is 0 Å². The standard InChI is InChI=1S/C13H17N3O3S2/c17-10-6-4-9(5-7-10)8-14-21(18,19)12-3-1-2-11-13(12)16-20-15-11/h1-3,9-10,14,17H,4-8H2. The number of sulfonamides is 1. The topological polar surface area (TPSA) is 91.1 Å². The number of aliphatic hydroxyl groups excluding tert-OH is 1. The maximum atomic E-state index is 12.4. The van der Waals surface area contributed by atoms with Crippen LogP contribution in [0, 0.1) is 5.92 Å². The lowest BCUT2D eigenvalue weighted by atomic mass is 9.88. The number of aliphatic hydroxyl groups is 1. The first-order chi connectivity index (χ1) is 10.1. The maximum absolute atomic E-state index is 12.4. The lowest BCUT2D eigenvalue weighted by molar-refractivity contribution is 0.109. The van der Waals surface area contributed by atoms with Crippen LogP contribution in [0.3, 0.4) is 0 Å². The molecule has 0 amide bonds. The molecule has 3 rings (SSSR count). The average Bonchev–Trinajstić information content (AvgIpc) is 2.95. The summed E-state index contributed by atoms with van der Waals surface area (Å²) >= 11 is 1.01. The van der Waals surface area contributed by atoms with Gasteiger partial charge in [0, 0.05) is 6.54 Å². The van der Waals surface area contributed by atoms with Crippen molar-refractivity contribution in [2.75, 3.05) is 6.54 Å². The highest BCUT2D eigenvalue weighted by molar-refractivity contribution is 7.89. The fourth-order valence-electron chi connectivity index (χ4n) is 2.65. The molecule has 1 saturated carbocycles. The van der Waals surface area contributed by atoms with Crippen molar-refractivity contribution in [3.63, 3.8) is 0 Å². The van der Waals surface area contributed by atoms with Crippen LogP contribution in [0.2, 0.25) is 0 Å². The Morgan fingerprint density at radius 3 is 2.76 bits per heavy atom. The lowest BCUT2D eigenvalue weighted by Crippen LogP contribution is -2.32. The molecule has 8 heteroatoms. The van der Waals surface area contributed by atoms with Crippen molar-refractivity contribution < 1.29 is 13.5 Å². The third-order valence-electron chi connectivity index (χ3n) is 3.92. The number of benzene rings is 1. The predicted octanol–water partition coefficient (Wildman–Crippen LogP) is 2.24. The Labute approximate surface area is 127 Å². The van der Waals surface area contributed by atoms with Gasteiger partial charge >= 0.3 is 0 Å². The van der Waals surface area contributed by atoms with Crippen molar-refractivity contribution in [2.45, 2.75) is 36.7 Å². The van der Waals surface area contributed by atoms with Gasteiger partial charge in [0.25, 0.3) is 0 Å². The van der Waals surface area contributed by atoms with Crippen molar-refractivity contribution in [3.8, 4) is 0 Å². The quantitative estimate of drug-likeness (QED) is 0.902. The van der Waals surface area contributed by atoms with E-state index in [1.807, 2.05) is 0 Å². The molecule has 2 N–H and O–H groups in total. The largest absolute Gasteiger partial charge is 0.393 e. The number of hydrogen-bond acceptors (Lipinski definition) is 5. The smallest absolute Gasteiger partial charge is 0.242 e. The van der Waals surface area contributed by atoms with Crippen molar-refractivity contribution in [2.24, 2.45) is 14.6 Å². The molecule has 0 radical (unpaired) electrons. The molecule has 1 fully saturated rings. The van der Waals surface area contributed by atoms with E-state index >= 15 is 0 Å². The van der Waals surface area contributed by atoms with Gasteiger partial charge in [-0.25, -0.2) is 13.1 Å². The molecule has 0 spiro atoms. The summed E-state index contributed by atoms with van der Waals surface area (Å²) in [6, 6.07) is 4.98. The third kappa shape index (κ3) is 3.23. The van der Waals surface area contributed by atoms with E-state index in [0.717, 1.165) is 37.0 Å². The molecule has 1 heterocycles. The molecule has 114 valence electrons. The van der Waals surface area contributed by atoms with E-state index in [2.05, 4.69) is 13.4 Å². The second kappa shape index (κ2) is 5.96. The van der Waals surface area contributed by atoms with Gasteiger partial charge in [0.15, 0.2) is 0 Å². The molecule has 1 aromatic rings. The molecule has 2 aliphatic rings. The zero-order valence-corrected chi connectivity index (χ0v) is 13.0. The summed E-state index contributed by atoms with van der Waals surface area (Å²) in [6.07, 6.45) is 2.97. The summed E-state index contributed by atoms with van der Waals surface area (Å²) in [7, 11) is -3.58. The molecule has 6 nitrogen and oxygen atoms in total. The number of rotatable bonds is 4. The van der Waals surface area contributed by atoms with Gasteiger partial charge < -0.3 is 5.11 Å². The van der Waals surface area contributed by atoms with E-state index in [4.69, 9.17) is 0 Å². The van der Waals surface area contributed by atoms with Crippen molar-refractivity contribution in [1.82, 2.24) is 4.72 Å². The van der Waals surface area contributed by atoms with Crippen molar-refractivity contribution >= 4 is 32.8 Å². The van der Waals surface area contributed by atoms with E-state index < -0.39 is 10.0 Å². The molecule has 1 aromatic carbocycles. The second-order valence-corrected chi connectivity index (χ2v) is 7.68. The van der Waals surface area contributed by atoms with Gasteiger partial charge in [-0.15, -0.1) is 0 Å². The van der Waals surface area contributed by atoms with Crippen LogP contribution in [0.4, 0.5) is 11.4 Å². The Morgan fingerprint density at radius 1 is 1.24 bits per heavy atom. The fraction of sp³-hybridized carbons (Fsp3) is 0.538. The molecule has 0 atom stereocenters. The fourth-order valence-corrected chi connectivity index (χ4v) is 4.53. The van der Waals surface area contributed by atoms with Gasteiger partial charge in [0.1, 0.15) is 16.3 Å². The highest BCUT2D eigenvalue weighted by Gasteiger charge is 2.25. The minimum Gasteiger partial charge on any atom is -0.393 e. The van der Waals surface area contributed by atoms with Gasteiger partial charge in [0.05, 0.1) is 17.5 Å². The molecule has 1 aliphatic carbocycles. The molecule has 21 heavy (non-hydrogen) atoms. The summed E-state index contributed by atoms with van der Waals surface area (Å²) in [5, 5.41) is 9.48. The molecule has 0 aromatic heterocycles. The minimum atomic E-state index is -3.58. The van der Waals surface area contributed by atoms with Crippen LogP contribution < -0.4 is 4.72 Å². The SMILES string of the molecule is O=S(=O)(NCC1CCC(O)CC1)c1cccc2c1N=S=N2. The third-order valence-corrected chi connectivity index (χ3v) is 5.91. The average molecular weight is 327 g/mol. The van der Waals surface area contributed by atoms with Gasteiger partial charge in [0.2, 0.25) is 10.0 Å². The van der Waals surface area contributed by atoms with Gasteiger partial charge in [-0.05, 0) is 43.7 Å². The van der Waals surface area contributed by atoms with Crippen LogP contribution in [0.1, 0.15) is 25.7 Å². The summed E-state index contributed by atoms with van der Waals surface area (Å²) < 4.78 is 35.7. The van der Waals surface area contributed by atoms with E-state index in [-0.39, 0.29) is 16.9 Å². The second-order valence-electron chi connectivity index (χ2n) is 5.41. The summed E-state index contributed by atoms with van der Waals surface area (Å²) in [5.74, 6) is 0.288. The minimum absolute atomic E-state index is 0.185. The molecule has 0 unspecified atom stereocenters. The van der Waals surface area contributed by atoms with E-state index in [0.29, 0.717) is 17.9 Å². The molecule has 0 bridgehead atoms. The number of fused-ring (bicyclic) bond motifs is 1. The Kier molecular flexibility index (Phi) is 4.21. The first-order valence-corrected chi connectivity index (χ1v) is 9.16. The number of hydrogen-bond donors (Lipinski definition) is 2. The Morgan fingerprint density at radius 2 is 2.00 bits per heavy atom. The predicted molar refractivity (Wildman–Crippen MR) is 81.1 cm³/mol. The zero-order chi connectivity index (χ0) is 14.9. The van der Waals surface area contributed by atoms with E-state index in [1.54, 1.807) is 18.2 Å². The van der Waals surface area contributed by atoms with E-state index in [9.17, 15) is 13.5 Å². The van der Waals surface area contributed by atoms with Crippen LogP contribution in [0.25, 0.3) is 0 Å². The summed E-state index contributed by atoms with van der Waals surface area (Å²) in [5.41, 5.74) is 1.03. The molecular weight excluding hydrogens is 310 g/mol. The summed E-state index contributed by atoms with van der Waals surface area (Å²) in [6.45, 7) is 0.406. The van der Waals surface area contributed by atoms with Crippen LogP contribution in [0.5, 0.6) is 0 Å². The first-order valence-electron chi connectivity index (χ1n) is 6.95. The Balaban J connectivity index is 1.71. The van der Waals surface area contributed by atoms with Crippen LogP contribution in [-0.2, 0) is 21.4 Å². The Bertz CT molecular complexity index is 703. The van der Waals surface area contributed by atoms with Gasteiger partial charge in [-0.1, -0.05) is 6.07 Å². The first kappa shape index (κ1) is 14.8. The highest BCUT2D eigenvalue weighted by atomic mass is 32.2. The van der Waals surface area contributed by atoms with Crippen LogP contribution in [-0.4, -0.2) is 26.2 Å². The van der Waals surface area contributed by atoms with Gasteiger partial charge in [-0.2, -0.15) is 8.73 Å². The normalized spacial score (nSPS) is 24.6. The zero-order valence-electron chi connectivity index (χ0n) is 11.4. The van der Waals surface area contributed by atoms with Crippen molar-refractivity contribution in [3.05, 3.63) is 18.2 Å². The molecule has 0 saturated heterocycles. The van der Waals surface area contributed by atoms with E-state index in [1.165, 1.54) is 0 Å². The summed E-state index contributed by atoms with van der Waals surface area (Å²) in [4.78, 5) is 0.185. The molecule has 1 aliphatic heterocycles. The Hall–Kier alpha value is -1.09. The number of nitrogens with zero attached hydrogens (tertiary/aromatic N) is 2. The van der Waals surface area contributed by atoms with Crippen LogP contribution >= 0.6 is 0 Å². The monoisotopic (exact) mass is 327 g/mol. The maximum Gasteiger partial charge on any atom is 0.242 e. The lowest BCUT2D eigenvalue weighted by Gasteiger charge is -2.25. The van der Waals surface area contributed by atoms with Crippen LogP contribution in [0.15, 0.2) is 31.8 Å².